The maximum Gasteiger partial charge on any atom is 0.227 e. The van der Waals surface area contributed by atoms with Gasteiger partial charge >= 0.3 is 0 Å². The number of imidazole rings is 1. The molecule has 0 fully saturated rings. The molecule has 0 aliphatic rings. The van der Waals surface area contributed by atoms with Gasteiger partial charge < -0.3 is 9.88 Å². The van der Waals surface area contributed by atoms with Crippen LogP contribution in [0, 0.1) is 89.3 Å². The van der Waals surface area contributed by atoms with Crippen molar-refractivity contribution in [2.45, 2.75) is 434 Å². The van der Waals surface area contributed by atoms with Crippen molar-refractivity contribution in [3.63, 3.8) is 0 Å². The van der Waals surface area contributed by atoms with E-state index in [0.29, 0.717) is 46.1 Å². The van der Waals surface area contributed by atoms with Crippen molar-refractivity contribution in [1.29, 1.82) is 0 Å². The van der Waals surface area contributed by atoms with Crippen molar-refractivity contribution >= 4 is 110 Å². The number of para-hydroxylation sites is 3. The van der Waals surface area contributed by atoms with Crippen molar-refractivity contribution in [1.82, 2.24) is 24.5 Å². The number of aryl methyl sites for hydroxylation is 6. The smallest absolute Gasteiger partial charge is 0.227 e. The summed E-state index contributed by atoms with van der Waals surface area (Å²) < 4.78 is 2.33. The Bertz CT molecular complexity index is 5060. The number of aromatic nitrogens is 5. The van der Waals surface area contributed by atoms with E-state index in [2.05, 4.69) is 63.1 Å². The molecule has 826 valence electrons. The van der Waals surface area contributed by atoms with Crippen LogP contribution in [0.3, 0.4) is 0 Å². The fourth-order valence-corrected chi connectivity index (χ4v) is 16.7. The van der Waals surface area contributed by atoms with E-state index in [4.69, 9.17) is 4.98 Å². The standard InChI is InChI=1S/C28H46N2OS.C27H45NO2.2C12H16O.3C11H15NO.C9H18OS.C8H16OS/c1-5-6-7-8-9-10-11-12-13-14-15-16-19-22-30-25-21-18-17-20-24(25)29-27(30)32-23-26(31)28(2,3)4;1-6-7-8-9-10-11-12-13-14-15-16-19-22(2)26(30)28-24-21-18-17-20-23(24)25(29)27(3,4)5;1-9-5-7-10(8-6-9)11(13)12(2,3)4;1-9-6-5-7-10(8-9)11(13)12(2,3)4;1-8-5-9(7-12-6-8)10(13)11(2,3)4;1-8-5-6-9(7-12-8)10(13)11(2,3)4;1-8-9(6-5-7-12-8)10(13)11(2,3)4;1-9(2,3)8(10)6-5-7-11-4;1-8(2,3)7(9)5-6-10-4/h17-18,20-21H,5-16,19,22-23H2,1-4H3;17-18,20-22H,6-16,19H2,1-5H3,(H,28,30);2*5-8H,1-4H3;3*5-7H,1-4H3;5-7H2,1-4H3;5-6H2,1-4H3. The first-order valence-corrected chi connectivity index (χ1v) is 58.7. The molecule has 1 amide bonds. The maximum absolute atomic E-state index is 12.7. The van der Waals surface area contributed by atoms with Crippen LogP contribution < -0.4 is 5.32 Å². The highest BCUT2D eigenvalue weighted by Crippen LogP contribution is 2.33. The number of pyridine rings is 3. The first kappa shape index (κ1) is 139. The van der Waals surface area contributed by atoms with Gasteiger partial charge in [0.2, 0.25) is 5.91 Å². The number of hydrogen-bond acceptors (Lipinski definition) is 17. The van der Waals surface area contributed by atoms with E-state index < -0.39 is 5.41 Å². The summed E-state index contributed by atoms with van der Waals surface area (Å²) in [6.07, 6.45) is 46.5. The lowest BCUT2D eigenvalue weighted by molar-refractivity contribution is -0.126. The summed E-state index contributed by atoms with van der Waals surface area (Å²) in [6, 6.07) is 40.4. The van der Waals surface area contributed by atoms with Gasteiger partial charge in [-0.3, -0.25) is 62.9 Å². The van der Waals surface area contributed by atoms with Crippen LogP contribution >= 0.6 is 35.3 Å². The molecule has 0 saturated heterocycles. The van der Waals surface area contributed by atoms with E-state index in [1.54, 1.807) is 72.2 Å². The maximum atomic E-state index is 12.7. The number of nitrogens with zero attached hydrogens (tertiary/aromatic N) is 5. The zero-order valence-corrected chi connectivity index (χ0v) is 102. The van der Waals surface area contributed by atoms with Crippen LogP contribution in [-0.2, 0) is 25.7 Å². The van der Waals surface area contributed by atoms with Crippen LogP contribution in [0.1, 0.15) is 478 Å². The number of benzene rings is 4. The second-order valence-electron chi connectivity index (χ2n) is 49.0. The van der Waals surface area contributed by atoms with Crippen LogP contribution in [0.15, 0.2) is 157 Å². The predicted molar refractivity (Wildman–Crippen MR) is 637 cm³/mol. The van der Waals surface area contributed by atoms with E-state index in [0.717, 1.165) is 93.6 Å². The topological polar surface area (TPSA) is 239 Å². The zero-order chi connectivity index (χ0) is 113. The third-order valence-electron chi connectivity index (χ3n) is 24.6. The minimum atomic E-state index is -0.470. The summed E-state index contributed by atoms with van der Waals surface area (Å²) in [6.45, 7) is 69.7. The number of thioether (sulfide) groups is 3. The van der Waals surface area contributed by atoms with Crippen molar-refractivity contribution in [2.24, 2.45) is 54.7 Å². The second kappa shape index (κ2) is 71.3. The van der Waals surface area contributed by atoms with E-state index >= 15 is 0 Å². The van der Waals surface area contributed by atoms with Gasteiger partial charge in [0.1, 0.15) is 17.3 Å². The minimum absolute atomic E-state index is 0.0104. The molecule has 4 aromatic carbocycles. The van der Waals surface area contributed by atoms with Gasteiger partial charge in [-0.25, -0.2) is 4.98 Å². The fraction of sp³-hybridized carbons (Fsp3) is 0.612. The molecule has 0 radical (unpaired) electrons. The SMILES string of the molecule is CCCCCCCCCCCCCC(C)C(=O)Nc1ccccc1C(=O)C(C)(C)C.CCCCCCCCCCCCCCCn1c(SCC(=O)C(C)(C)C)nc2ccccc21.CSCCC(=O)C(C)(C)C.CSCCCC(=O)C(C)(C)C.Cc1ccc(C(=O)C(C)(C)C)cc1.Cc1ccc(C(=O)C(C)(C)C)cn1.Cc1cccc(C(=O)C(C)(C)C)c1.Cc1cncc(C(=O)C(C)(C)C)c1.Cc1ncccc1C(=O)C(C)(C)C. The number of hydrogen-bond donors (Lipinski definition) is 1. The van der Waals surface area contributed by atoms with Crippen LogP contribution in [0.25, 0.3) is 11.0 Å². The summed E-state index contributed by atoms with van der Waals surface area (Å²) in [5.74, 6) is 4.43. The lowest BCUT2D eigenvalue weighted by Gasteiger charge is -2.20. The Morgan fingerprint density at radius 3 is 1.20 bits per heavy atom. The molecule has 148 heavy (non-hydrogen) atoms. The Balaban J connectivity index is 0.00000170. The van der Waals surface area contributed by atoms with Gasteiger partial charge in [0.05, 0.1) is 22.5 Å². The molecule has 1 atom stereocenters. The number of nitrogens with one attached hydrogen (secondary N) is 1. The quantitative estimate of drug-likeness (QED) is 0.0212. The number of anilines is 1. The summed E-state index contributed by atoms with van der Waals surface area (Å²) >= 11 is 5.12. The van der Waals surface area contributed by atoms with Gasteiger partial charge in [0.25, 0.3) is 0 Å². The third-order valence-corrected chi connectivity index (χ3v) is 26.9. The predicted octanol–water partition coefficient (Wildman–Crippen LogP) is 36.4. The number of unbranched alkanes of at least 4 members (excludes halogenated alkanes) is 22. The van der Waals surface area contributed by atoms with Gasteiger partial charge in [0.15, 0.2) is 39.9 Å². The molecule has 8 rings (SSSR count). The first-order chi connectivity index (χ1) is 68.7. The normalized spacial score (nSPS) is 11.8. The molecule has 8 aromatic rings. The number of rotatable bonds is 44. The third kappa shape index (κ3) is 61.1. The number of fused-ring (bicyclic) bond motifs is 1. The molecule has 4 heterocycles. The number of Topliss-reactive ketones (excluding diaryl/α,β-unsaturated/α-hetero) is 9. The first-order valence-electron chi connectivity index (χ1n) is 55.0. The van der Waals surface area contributed by atoms with E-state index in [9.17, 15) is 47.9 Å². The molecule has 1 unspecified atom stereocenters. The summed E-state index contributed by atoms with van der Waals surface area (Å²) in [4.78, 5) is 136. The molecule has 1 N–H and O–H groups in total. The van der Waals surface area contributed by atoms with Gasteiger partial charge in [-0.05, 0) is 144 Å². The van der Waals surface area contributed by atoms with Crippen LogP contribution in [0.5, 0.6) is 0 Å². The molecule has 0 aliphatic heterocycles. The molecule has 4 aromatic heterocycles. The zero-order valence-electron chi connectivity index (χ0n) is 99.7. The van der Waals surface area contributed by atoms with Crippen LogP contribution in [0.2, 0.25) is 0 Å². The van der Waals surface area contributed by atoms with Crippen molar-refractivity contribution in [3.05, 3.63) is 214 Å². The monoisotopic (exact) mass is 2090 g/mol. The lowest BCUT2D eigenvalue weighted by Crippen LogP contribution is -2.25. The largest absolute Gasteiger partial charge is 0.325 e. The Labute approximate surface area is 913 Å². The highest BCUT2D eigenvalue weighted by Gasteiger charge is 2.31. The summed E-state index contributed by atoms with van der Waals surface area (Å²) in [5.41, 5.74) is 9.70. The molecule has 0 aliphatic carbocycles. The highest BCUT2D eigenvalue weighted by atomic mass is 32.2. The molecular formula is C129H202N6O10S3. The Hall–Kier alpha value is -8.65. The van der Waals surface area contributed by atoms with Gasteiger partial charge in [-0.15, -0.1) is 0 Å². The van der Waals surface area contributed by atoms with E-state index in [1.807, 2.05) is 332 Å². The fourth-order valence-electron chi connectivity index (χ4n) is 14.7. The van der Waals surface area contributed by atoms with Gasteiger partial charge in [-0.2, -0.15) is 23.5 Å². The van der Waals surface area contributed by atoms with E-state index in [-0.39, 0.29) is 95.6 Å². The summed E-state index contributed by atoms with van der Waals surface area (Å²) in [5, 5.41) is 3.98. The molecule has 0 saturated carbocycles. The molecule has 0 bridgehead atoms. The number of carbonyl (C=O) groups is 10. The number of amides is 1. The average Bonchev–Trinajstić information content (AvgIpc) is 1.62. The van der Waals surface area contributed by atoms with Crippen molar-refractivity contribution < 1.29 is 47.9 Å². The van der Waals surface area contributed by atoms with Crippen molar-refractivity contribution in [2.75, 3.05) is 35.1 Å². The second-order valence-corrected chi connectivity index (χ2v) is 51.9. The molecule has 0 spiro atoms. The molecule has 16 nitrogen and oxygen atoms in total. The molecular weight excluding hydrogens is 1890 g/mol. The average molecular weight is 2090 g/mol. The highest BCUT2D eigenvalue weighted by molar-refractivity contribution is 7.99. The van der Waals surface area contributed by atoms with Crippen LogP contribution in [-0.4, -0.2) is 112 Å². The number of ketones is 9. The Morgan fingerprint density at radius 1 is 0.345 bits per heavy atom. The lowest BCUT2D eigenvalue weighted by atomic mass is 9.86. The summed E-state index contributed by atoms with van der Waals surface area (Å²) in [7, 11) is 0. The number of carbonyl (C=O) groups excluding carboxylic acids is 10. The van der Waals surface area contributed by atoms with Gasteiger partial charge in [-0.1, -0.05) is 445 Å². The minimum Gasteiger partial charge on any atom is -0.325 e. The Kier molecular flexibility index (Phi) is 67.1. The van der Waals surface area contributed by atoms with Crippen molar-refractivity contribution in [3.8, 4) is 0 Å². The van der Waals surface area contributed by atoms with Gasteiger partial charge in [0, 0.05) is 144 Å². The van der Waals surface area contributed by atoms with Crippen LogP contribution in [0.4, 0.5) is 5.69 Å². The Morgan fingerprint density at radius 2 is 0.757 bits per heavy atom. The van der Waals surface area contributed by atoms with E-state index in [1.165, 1.54) is 159 Å². The molecule has 19 heteroatoms.